The Bertz CT molecular complexity index is 574. The van der Waals surface area contributed by atoms with Gasteiger partial charge in [-0.25, -0.2) is 0 Å². The molecule has 1 N–H and O–H groups in total. The molecule has 0 saturated carbocycles. The molecule has 2 rings (SSSR count). The monoisotopic (exact) mass is 314 g/mol. The molecule has 0 fully saturated rings. The fourth-order valence-corrected chi connectivity index (χ4v) is 3.02. The zero-order valence-electron chi connectivity index (χ0n) is 14.2. The molecular weight excluding hydrogens is 288 g/mol. The van der Waals surface area contributed by atoms with E-state index in [1.165, 1.54) is 0 Å². The van der Waals surface area contributed by atoms with E-state index in [0.717, 1.165) is 11.3 Å². The highest BCUT2D eigenvalue weighted by Crippen LogP contribution is 2.29. The normalized spacial score (nSPS) is 20.1. The third kappa shape index (κ3) is 4.21. The molecule has 0 bridgehead atoms. The molecule has 2 unspecified atom stereocenters. The van der Waals surface area contributed by atoms with Crippen molar-refractivity contribution in [2.24, 2.45) is 11.8 Å². The van der Waals surface area contributed by atoms with Crippen LogP contribution in [0, 0.1) is 18.8 Å². The number of nitrogens with zero attached hydrogens (tertiary/aromatic N) is 1. The molecule has 0 aliphatic heterocycles. The van der Waals surface area contributed by atoms with Crippen LogP contribution in [0.4, 0.5) is 5.69 Å². The molecule has 1 aliphatic rings. The van der Waals surface area contributed by atoms with Crippen LogP contribution in [-0.4, -0.2) is 29.8 Å². The molecule has 1 aromatic rings. The summed E-state index contributed by atoms with van der Waals surface area (Å²) in [6.07, 6.45) is 5.28. The third-order valence-electron chi connectivity index (χ3n) is 4.48. The topological polar surface area (TPSA) is 49.4 Å². The van der Waals surface area contributed by atoms with E-state index in [0.29, 0.717) is 25.9 Å². The van der Waals surface area contributed by atoms with Gasteiger partial charge in [-0.05, 0) is 45.7 Å². The number of rotatable bonds is 5. The van der Waals surface area contributed by atoms with Gasteiger partial charge in [0.05, 0.1) is 11.8 Å². The Hall–Kier alpha value is -2.10. The lowest BCUT2D eigenvalue weighted by Gasteiger charge is -2.31. The van der Waals surface area contributed by atoms with Crippen LogP contribution >= 0.6 is 0 Å². The largest absolute Gasteiger partial charge is 0.343 e. The number of benzene rings is 1. The van der Waals surface area contributed by atoms with Gasteiger partial charge in [0.15, 0.2) is 0 Å². The first-order valence-electron chi connectivity index (χ1n) is 8.38. The summed E-state index contributed by atoms with van der Waals surface area (Å²) in [6, 6.07) is 7.73. The second-order valence-electron chi connectivity index (χ2n) is 6.02. The van der Waals surface area contributed by atoms with Crippen LogP contribution in [0.3, 0.4) is 0 Å². The van der Waals surface area contributed by atoms with Crippen molar-refractivity contribution in [2.45, 2.75) is 33.6 Å². The van der Waals surface area contributed by atoms with E-state index >= 15 is 0 Å². The minimum Gasteiger partial charge on any atom is -0.343 e. The maximum atomic E-state index is 12.7. The van der Waals surface area contributed by atoms with Crippen molar-refractivity contribution in [1.29, 1.82) is 0 Å². The second-order valence-corrected chi connectivity index (χ2v) is 6.02. The average Bonchev–Trinajstić information content (AvgIpc) is 2.58. The lowest BCUT2D eigenvalue weighted by Crippen LogP contribution is -2.43. The number of carbonyl (C=O) groups excluding carboxylic acids is 2. The van der Waals surface area contributed by atoms with Crippen molar-refractivity contribution in [2.75, 3.05) is 18.4 Å². The molecule has 1 aliphatic carbocycles. The van der Waals surface area contributed by atoms with Gasteiger partial charge in [0.2, 0.25) is 11.8 Å². The minimum atomic E-state index is -0.297. The molecule has 4 nitrogen and oxygen atoms in total. The Balaban J connectivity index is 2.11. The Kier molecular flexibility index (Phi) is 5.97. The van der Waals surface area contributed by atoms with Crippen molar-refractivity contribution in [3.05, 3.63) is 42.0 Å². The van der Waals surface area contributed by atoms with Crippen LogP contribution in [0.15, 0.2) is 36.4 Å². The van der Waals surface area contributed by atoms with E-state index in [2.05, 4.69) is 5.32 Å². The summed E-state index contributed by atoms with van der Waals surface area (Å²) in [5.41, 5.74) is 1.93. The molecular formula is C19H26N2O2. The number of hydrogen-bond acceptors (Lipinski definition) is 2. The van der Waals surface area contributed by atoms with Crippen molar-refractivity contribution >= 4 is 17.5 Å². The summed E-state index contributed by atoms with van der Waals surface area (Å²) in [7, 11) is 0. The highest BCUT2D eigenvalue weighted by molar-refractivity contribution is 5.96. The summed E-state index contributed by atoms with van der Waals surface area (Å²) in [5, 5.41) is 2.96. The smallest absolute Gasteiger partial charge is 0.228 e. The summed E-state index contributed by atoms with van der Waals surface area (Å²) < 4.78 is 0. The standard InChI is InChI=1S/C19H26N2O2/c1-4-21(5-2)19(23)17-9-7-6-8-16(17)18(22)20-15-12-10-14(3)11-13-15/h6-7,10-13,16-17H,4-5,8-9H2,1-3H3,(H,20,22). The SMILES string of the molecule is CCN(CC)C(=O)C1CC=CCC1C(=O)Nc1ccc(C)cc1. The highest BCUT2D eigenvalue weighted by Gasteiger charge is 2.35. The zero-order chi connectivity index (χ0) is 16.8. The van der Waals surface area contributed by atoms with E-state index in [-0.39, 0.29) is 23.7 Å². The number of nitrogens with one attached hydrogen (secondary N) is 1. The van der Waals surface area contributed by atoms with E-state index in [1.807, 2.05) is 62.1 Å². The first kappa shape index (κ1) is 17.3. The first-order chi connectivity index (χ1) is 11.1. The van der Waals surface area contributed by atoms with Crippen LogP contribution in [0.25, 0.3) is 0 Å². The first-order valence-corrected chi connectivity index (χ1v) is 8.38. The van der Waals surface area contributed by atoms with Gasteiger partial charge in [-0.15, -0.1) is 0 Å². The Morgan fingerprint density at radius 1 is 1.04 bits per heavy atom. The predicted molar refractivity (Wildman–Crippen MR) is 93.1 cm³/mol. The number of carbonyl (C=O) groups is 2. The van der Waals surface area contributed by atoms with E-state index in [4.69, 9.17) is 0 Å². The van der Waals surface area contributed by atoms with E-state index in [1.54, 1.807) is 0 Å². The number of aryl methyl sites for hydroxylation is 1. The van der Waals surface area contributed by atoms with Gasteiger partial charge in [0, 0.05) is 18.8 Å². The van der Waals surface area contributed by atoms with Crippen LogP contribution < -0.4 is 5.32 Å². The molecule has 4 heteroatoms. The van der Waals surface area contributed by atoms with Crippen LogP contribution in [0.2, 0.25) is 0 Å². The third-order valence-corrected chi connectivity index (χ3v) is 4.48. The molecule has 0 aromatic heterocycles. The predicted octanol–water partition coefficient (Wildman–Crippen LogP) is 3.38. The van der Waals surface area contributed by atoms with Crippen molar-refractivity contribution in [1.82, 2.24) is 4.90 Å². The van der Waals surface area contributed by atoms with Crippen LogP contribution in [0.1, 0.15) is 32.3 Å². The van der Waals surface area contributed by atoms with E-state index in [9.17, 15) is 9.59 Å². The molecule has 2 atom stereocenters. The molecule has 2 amide bonds. The average molecular weight is 314 g/mol. The molecule has 23 heavy (non-hydrogen) atoms. The lowest BCUT2D eigenvalue weighted by molar-refractivity contribution is -0.140. The maximum Gasteiger partial charge on any atom is 0.228 e. The number of allylic oxidation sites excluding steroid dienone is 2. The lowest BCUT2D eigenvalue weighted by atomic mass is 9.81. The quantitative estimate of drug-likeness (QED) is 0.847. The van der Waals surface area contributed by atoms with E-state index < -0.39 is 0 Å². The van der Waals surface area contributed by atoms with Gasteiger partial charge >= 0.3 is 0 Å². The van der Waals surface area contributed by atoms with Gasteiger partial charge < -0.3 is 10.2 Å². The molecule has 1 aromatic carbocycles. The Labute approximate surface area is 138 Å². The summed E-state index contributed by atoms with van der Waals surface area (Å²) in [5.74, 6) is -0.535. The highest BCUT2D eigenvalue weighted by atomic mass is 16.2. The fraction of sp³-hybridized carbons (Fsp3) is 0.474. The van der Waals surface area contributed by atoms with Crippen LogP contribution in [-0.2, 0) is 9.59 Å². The van der Waals surface area contributed by atoms with Gasteiger partial charge in [-0.3, -0.25) is 9.59 Å². The number of anilines is 1. The van der Waals surface area contributed by atoms with Gasteiger partial charge in [0.25, 0.3) is 0 Å². The van der Waals surface area contributed by atoms with Crippen molar-refractivity contribution in [3.8, 4) is 0 Å². The fourth-order valence-electron chi connectivity index (χ4n) is 3.02. The molecule has 0 radical (unpaired) electrons. The Morgan fingerprint density at radius 3 is 2.17 bits per heavy atom. The van der Waals surface area contributed by atoms with Gasteiger partial charge in [0.1, 0.15) is 0 Å². The summed E-state index contributed by atoms with van der Waals surface area (Å²) >= 11 is 0. The van der Waals surface area contributed by atoms with Crippen molar-refractivity contribution < 1.29 is 9.59 Å². The summed E-state index contributed by atoms with van der Waals surface area (Å²) in [6.45, 7) is 7.32. The van der Waals surface area contributed by atoms with Gasteiger partial charge in [-0.1, -0.05) is 29.8 Å². The second kappa shape index (κ2) is 7.95. The van der Waals surface area contributed by atoms with Crippen LogP contribution in [0.5, 0.6) is 0 Å². The molecule has 0 spiro atoms. The Morgan fingerprint density at radius 2 is 1.61 bits per heavy atom. The summed E-state index contributed by atoms with van der Waals surface area (Å²) in [4.78, 5) is 27.2. The zero-order valence-corrected chi connectivity index (χ0v) is 14.2. The number of amides is 2. The minimum absolute atomic E-state index is 0.0660. The molecule has 124 valence electrons. The number of hydrogen-bond donors (Lipinski definition) is 1. The van der Waals surface area contributed by atoms with Crippen molar-refractivity contribution in [3.63, 3.8) is 0 Å². The molecule has 0 heterocycles. The maximum absolute atomic E-state index is 12.7. The molecule has 0 saturated heterocycles. The van der Waals surface area contributed by atoms with Gasteiger partial charge in [-0.2, -0.15) is 0 Å².